The van der Waals surface area contributed by atoms with Gasteiger partial charge in [-0.2, -0.15) is 4.31 Å². The molecule has 11 nitrogen and oxygen atoms in total. The second-order valence-corrected chi connectivity index (χ2v) is 8.75. The second-order valence-electron chi connectivity index (χ2n) is 6.66. The molecule has 1 amide bonds. The van der Waals surface area contributed by atoms with Crippen LogP contribution >= 0.6 is 0 Å². The van der Waals surface area contributed by atoms with E-state index in [0.29, 0.717) is 32.1 Å². The van der Waals surface area contributed by atoms with Crippen LogP contribution in [0.2, 0.25) is 0 Å². The molecule has 0 aliphatic carbocycles. The number of hydrogen-bond acceptors (Lipinski definition) is 8. The Bertz CT molecular complexity index is 976. The van der Waals surface area contributed by atoms with E-state index in [0.717, 1.165) is 0 Å². The number of amides is 1. The quantitative estimate of drug-likeness (QED) is 0.363. The van der Waals surface area contributed by atoms with E-state index >= 15 is 0 Å². The Balaban J connectivity index is 1.42. The molecule has 30 heavy (non-hydrogen) atoms. The largest absolute Gasteiger partial charge is 0.352 e. The number of nitrogens with one attached hydrogen (secondary N) is 1. The molecule has 1 aliphatic heterocycles. The fourth-order valence-corrected chi connectivity index (χ4v) is 4.53. The number of piperazine rings is 1. The summed E-state index contributed by atoms with van der Waals surface area (Å²) in [5.74, 6) is 0.109. The maximum absolute atomic E-state index is 12.5. The van der Waals surface area contributed by atoms with E-state index in [1.165, 1.54) is 28.6 Å². The molecule has 2 aromatic rings. The van der Waals surface area contributed by atoms with Crippen molar-refractivity contribution in [2.24, 2.45) is 0 Å². The average molecular weight is 434 g/mol. The van der Waals surface area contributed by atoms with E-state index in [2.05, 4.69) is 15.3 Å². The number of nitro benzene ring substituents is 1. The van der Waals surface area contributed by atoms with Crippen LogP contribution < -0.4 is 10.2 Å². The number of nitrogens with zero attached hydrogens (tertiary/aromatic N) is 5. The zero-order valence-electron chi connectivity index (χ0n) is 16.2. The van der Waals surface area contributed by atoms with Crippen molar-refractivity contribution >= 4 is 27.6 Å². The standard InChI is InChI=1S/C18H22N6O5S/c25-17(15-3-5-16(6-4-15)24(26)27)19-9-2-14-30(28,29)23-12-10-22(11-13-23)18-20-7-1-8-21-18/h1,3-8H,2,9-14H2,(H,19,25). The molecule has 0 unspecified atom stereocenters. The first-order valence-electron chi connectivity index (χ1n) is 9.39. The van der Waals surface area contributed by atoms with Crippen LogP contribution in [0, 0.1) is 10.1 Å². The van der Waals surface area contributed by atoms with Crippen molar-refractivity contribution in [2.75, 3.05) is 43.4 Å². The number of nitro groups is 1. The van der Waals surface area contributed by atoms with Gasteiger partial charge in [0.05, 0.1) is 10.7 Å². The molecule has 0 radical (unpaired) electrons. The Morgan fingerprint density at radius 2 is 1.73 bits per heavy atom. The Labute approximate surface area is 173 Å². The number of carbonyl (C=O) groups is 1. The minimum atomic E-state index is -3.43. The highest BCUT2D eigenvalue weighted by atomic mass is 32.2. The van der Waals surface area contributed by atoms with Crippen LogP contribution in [-0.2, 0) is 10.0 Å². The number of sulfonamides is 1. The SMILES string of the molecule is O=C(NCCCS(=O)(=O)N1CCN(c2ncccn2)CC1)c1ccc([N+](=O)[O-])cc1. The minimum absolute atomic E-state index is 0.0740. The molecule has 0 atom stereocenters. The van der Waals surface area contributed by atoms with Crippen LogP contribution in [0.4, 0.5) is 11.6 Å². The molecule has 12 heteroatoms. The number of rotatable bonds is 8. The fourth-order valence-electron chi connectivity index (χ4n) is 3.04. The van der Waals surface area contributed by atoms with Crippen LogP contribution in [0.15, 0.2) is 42.7 Å². The molecular formula is C18H22N6O5S. The van der Waals surface area contributed by atoms with Crippen molar-refractivity contribution in [3.05, 3.63) is 58.4 Å². The number of aromatic nitrogens is 2. The van der Waals surface area contributed by atoms with Gasteiger partial charge in [0.15, 0.2) is 0 Å². The number of benzene rings is 1. The first-order chi connectivity index (χ1) is 14.4. The van der Waals surface area contributed by atoms with Gasteiger partial charge < -0.3 is 10.2 Å². The third kappa shape index (κ3) is 5.48. The van der Waals surface area contributed by atoms with Crippen LogP contribution in [0.5, 0.6) is 0 Å². The van der Waals surface area contributed by atoms with Gasteiger partial charge in [-0.1, -0.05) is 0 Å². The van der Waals surface area contributed by atoms with E-state index in [9.17, 15) is 23.3 Å². The molecule has 0 spiro atoms. The van der Waals surface area contributed by atoms with Gasteiger partial charge in [0, 0.05) is 62.8 Å². The van der Waals surface area contributed by atoms with Crippen LogP contribution in [-0.4, -0.2) is 72.0 Å². The molecule has 1 saturated heterocycles. The third-order valence-electron chi connectivity index (χ3n) is 4.67. The Morgan fingerprint density at radius 1 is 1.10 bits per heavy atom. The summed E-state index contributed by atoms with van der Waals surface area (Å²) in [5.41, 5.74) is 0.180. The summed E-state index contributed by atoms with van der Waals surface area (Å²) in [7, 11) is -3.43. The first kappa shape index (κ1) is 21.6. The van der Waals surface area contributed by atoms with Crippen molar-refractivity contribution in [3.8, 4) is 0 Å². The number of carbonyl (C=O) groups excluding carboxylic acids is 1. The van der Waals surface area contributed by atoms with Crippen molar-refractivity contribution in [3.63, 3.8) is 0 Å². The van der Waals surface area contributed by atoms with Crippen LogP contribution in [0.25, 0.3) is 0 Å². The summed E-state index contributed by atoms with van der Waals surface area (Å²) in [5, 5.41) is 13.3. The molecule has 3 rings (SSSR count). The lowest BCUT2D eigenvalue weighted by Gasteiger charge is -2.33. The molecule has 0 saturated carbocycles. The minimum Gasteiger partial charge on any atom is -0.352 e. The van der Waals surface area contributed by atoms with Crippen molar-refractivity contribution in [1.82, 2.24) is 19.6 Å². The summed E-state index contributed by atoms with van der Waals surface area (Å²) in [4.78, 5) is 32.5. The molecule has 1 N–H and O–H groups in total. The first-order valence-corrected chi connectivity index (χ1v) is 11.0. The maximum atomic E-state index is 12.5. The predicted octanol–water partition coefficient (Wildman–Crippen LogP) is 0.657. The monoisotopic (exact) mass is 434 g/mol. The average Bonchev–Trinajstić information content (AvgIpc) is 2.77. The predicted molar refractivity (Wildman–Crippen MR) is 110 cm³/mol. The molecule has 1 aromatic heterocycles. The molecule has 1 aromatic carbocycles. The van der Waals surface area contributed by atoms with Crippen LogP contribution in [0.3, 0.4) is 0 Å². The lowest BCUT2D eigenvalue weighted by molar-refractivity contribution is -0.384. The highest BCUT2D eigenvalue weighted by Crippen LogP contribution is 2.14. The van der Waals surface area contributed by atoms with Crippen LogP contribution in [0.1, 0.15) is 16.8 Å². The molecule has 2 heterocycles. The second kappa shape index (κ2) is 9.59. The van der Waals surface area contributed by atoms with Gasteiger partial charge in [-0.15, -0.1) is 0 Å². The maximum Gasteiger partial charge on any atom is 0.269 e. The summed E-state index contributed by atoms with van der Waals surface area (Å²) in [6.45, 7) is 1.93. The summed E-state index contributed by atoms with van der Waals surface area (Å²) < 4.78 is 26.5. The number of hydrogen-bond donors (Lipinski definition) is 1. The van der Waals surface area contributed by atoms with Crippen molar-refractivity contribution in [1.29, 1.82) is 0 Å². The van der Waals surface area contributed by atoms with Gasteiger partial charge in [-0.25, -0.2) is 18.4 Å². The Hall–Kier alpha value is -3.12. The van der Waals surface area contributed by atoms with E-state index in [4.69, 9.17) is 0 Å². The van der Waals surface area contributed by atoms with E-state index in [1.54, 1.807) is 18.5 Å². The van der Waals surface area contributed by atoms with Gasteiger partial charge in [0.1, 0.15) is 0 Å². The smallest absolute Gasteiger partial charge is 0.269 e. The van der Waals surface area contributed by atoms with E-state index in [-0.39, 0.29) is 30.0 Å². The van der Waals surface area contributed by atoms with Gasteiger partial charge in [-0.3, -0.25) is 14.9 Å². The number of anilines is 1. The summed E-state index contributed by atoms with van der Waals surface area (Å²) in [6.07, 6.45) is 3.57. The molecule has 1 aliphatic rings. The zero-order chi connectivity index (χ0) is 21.6. The highest BCUT2D eigenvalue weighted by molar-refractivity contribution is 7.89. The normalized spacial score (nSPS) is 15.0. The molecule has 160 valence electrons. The van der Waals surface area contributed by atoms with Gasteiger partial charge in [0.25, 0.3) is 11.6 Å². The summed E-state index contributed by atoms with van der Waals surface area (Å²) >= 11 is 0. The Morgan fingerprint density at radius 3 is 2.33 bits per heavy atom. The van der Waals surface area contributed by atoms with Gasteiger partial charge in [-0.05, 0) is 24.6 Å². The van der Waals surface area contributed by atoms with Gasteiger partial charge in [0.2, 0.25) is 16.0 Å². The fraction of sp³-hybridized carbons (Fsp3) is 0.389. The third-order valence-corrected chi connectivity index (χ3v) is 6.63. The van der Waals surface area contributed by atoms with E-state index in [1.807, 2.05) is 4.90 Å². The van der Waals surface area contributed by atoms with Crippen molar-refractivity contribution in [2.45, 2.75) is 6.42 Å². The lowest BCUT2D eigenvalue weighted by Crippen LogP contribution is -2.49. The number of non-ortho nitro benzene ring substituents is 1. The molecule has 0 bridgehead atoms. The Kier molecular flexibility index (Phi) is 6.90. The molecular weight excluding hydrogens is 412 g/mol. The lowest BCUT2D eigenvalue weighted by atomic mass is 10.2. The molecule has 1 fully saturated rings. The zero-order valence-corrected chi connectivity index (χ0v) is 17.0. The van der Waals surface area contributed by atoms with Crippen molar-refractivity contribution < 1.29 is 18.1 Å². The summed E-state index contributed by atoms with van der Waals surface area (Å²) in [6, 6.07) is 6.95. The highest BCUT2D eigenvalue weighted by Gasteiger charge is 2.27. The van der Waals surface area contributed by atoms with E-state index < -0.39 is 20.9 Å². The topological polar surface area (TPSA) is 139 Å². The van der Waals surface area contributed by atoms with Gasteiger partial charge >= 0.3 is 0 Å².